The smallest absolute Gasteiger partial charge is 0.334 e. The fourth-order valence-electron chi connectivity index (χ4n) is 7.64. The van der Waals surface area contributed by atoms with Crippen LogP contribution in [-0.4, -0.2) is 18.2 Å². The van der Waals surface area contributed by atoms with E-state index in [0.29, 0.717) is 30.1 Å². The number of fused-ring (bicyclic) bond motifs is 9. The van der Waals surface area contributed by atoms with Crippen LogP contribution in [0.5, 0.6) is 0 Å². The molecule has 3 nitrogen and oxygen atoms in total. The molecule has 0 aliphatic heterocycles. The van der Waals surface area contributed by atoms with Gasteiger partial charge in [0.15, 0.2) is 10.1 Å². The SMILES string of the molecule is O=S(=O)([O-])C(F)(F)CC1CC2CC1C1C3CCC(C3)C21.c1ccc([PH2+]c2ccccc2)cc1. The Bertz CT molecular complexity index is 1030. The number of hydrogen-bond acceptors (Lipinski definition) is 3. The summed E-state index contributed by atoms with van der Waals surface area (Å²) in [7, 11) is -5.25. The van der Waals surface area contributed by atoms with Crippen LogP contribution >= 0.6 is 8.58 Å². The Kier molecular flexibility index (Phi) is 6.39. The van der Waals surface area contributed by atoms with Crippen LogP contribution in [0, 0.1) is 41.4 Å². The first-order valence-corrected chi connectivity index (χ1v) is 14.6. The van der Waals surface area contributed by atoms with Gasteiger partial charge in [-0.3, -0.25) is 0 Å². The second-order valence-corrected chi connectivity index (χ2v) is 13.5. The minimum atomic E-state index is -5.52. The molecule has 0 N–H and O–H groups in total. The van der Waals surface area contributed by atoms with Crippen molar-refractivity contribution < 1.29 is 21.8 Å². The summed E-state index contributed by atoms with van der Waals surface area (Å²) in [5.74, 6) is 3.22. The summed E-state index contributed by atoms with van der Waals surface area (Å²) in [6, 6.07) is 21.3. The summed E-state index contributed by atoms with van der Waals surface area (Å²) >= 11 is 0. The molecule has 4 bridgehead atoms. The molecular formula is C26H31F2O3PS. The molecule has 0 radical (unpaired) electrons. The number of alkyl halides is 2. The number of benzene rings is 2. The van der Waals surface area contributed by atoms with E-state index in [0.717, 1.165) is 12.3 Å². The van der Waals surface area contributed by atoms with Gasteiger partial charge in [0.2, 0.25) is 0 Å². The first-order chi connectivity index (χ1) is 15.7. The van der Waals surface area contributed by atoms with Gasteiger partial charge in [-0.2, -0.15) is 8.78 Å². The molecule has 4 saturated carbocycles. The van der Waals surface area contributed by atoms with E-state index in [2.05, 4.69) is 60.7 Å². The zero-order valence-electron chi connectivity index (χ0n) is 18.5. The molecule has 2 aromatic rings. The van der Waals surface area contributed by atoms with Crippen molar-refractivity contribution in [1.29, 1.82) is 0 Å². The minimum Gasteiger partial charge on any atom is -0.743 e. The largest absolute Gasteiger partial charge is 0.743 e. The van der Waals surface area contributed by atoms with Crippen LogP contribution in [0.1, 0.15) is 38.5 Å². The van der Waals surface area contributed by atoms with Gasteiger partial charge in [0.05, 0.1) is 19.2 Å². The van der Waals surface area contributed by atoms with Crippen LogP contribution in [0.2, 0.25) is 0 Å². The highest BCUT2D eigenvalue weighted by atomic mass is 32.2. The summed E-state index contributed by atoms with van der Waals surface area (Å²) in [6.07, 6.45) is 4.72. The monoisotopic (exact) mass is 492 g/mol. The lowest BCUT2D eigenvalue weighted by Gasteiger charge is -2.39. The zero-order chi connectivity index (χ0) is 23.2. The van der Waals surface area contributed by atoms with Gasteiger partial charge in [-0.15, -0.1) is 0 Å². The standard InChI is InChI=1S/C14H20F2O3S.C12H11P/c15-14(16,20(17,18)19)6-10-4-9-5-11(10)13-8-2-1-7(3-8)12(9)13;1-3-7-11(8-4-1)13-12-9-5-2-6-10-12/h7-13H,1-6H2,(H,17,18,19);1-10,13H. The van der Waals surface area contributed by atoms with Crippen molar-refractivity contribution in [3.8, 4) is 0 Å². The predicted molar refractivity (Wildman–Crippen MR) is 129 cm³/mol. The molecule has 4 fully saturated rings. The van der Waals surface area contributed by atoms with E-state index in [1.54, 1.807) is 0 Å². The van der Waals surface area contributed by atoms with Crippen LogP contribution in [0.3, 0.4) is 0 Å². The first kappa shape index (κ1) is 23.4. The van der Waals surface area contributed by atoms with Gasteiger partial charge in [-0.1, -0.05) is 36.4 Å². The number of hydrogen-bond donors (Lipinski definition) is 0. The normalized spacial score (nSPS) is 34.1. The summed E-state index contributed by atoms with van der Waals surface area (Å²) in [4.78, 5) is 0. The topological polar surface area (TPSA) is 57.2 Å². The molecule has 7 atom stereocenters. The van der Waals surface area contributed by atoms with Crippen LogP contribution in [0.25, 0.3) is 0 Å². The lowest BCUT2D eigenvalue weighted by Crippen LogP contribution is -2.37. The third-order valence-corrected chi connectivity index (χ3v) is 11.0. The van der Waals surface area contributed by atoms with E-state index < -0.39 is 21.8 Å². The molecule has 0 heterocycles. The molecule has 0 aromatic heterocycles. The Morgan fingerprint density at radius 2 is 1.36 bits per heavy atom. The maximum Gasteiger partial charge on any atom is 0.334 e. The van der Waals surface area contributed by atoms with E-state index in [9.17, 15) is 21.8 Å². The third-order valence-electron chi connectivity index (χ3n) is 8.67. The summed E-state index contributed by atoms with van der Waals surface area (Å²) < 4.78 is 59.2. The lowest BCUT2D eigenvalue weighted by molar-refractivity contribution is 0.0178. The molecule has 33 heavy (non-hydrogen) atoms. The van der Waals surface area contributed by atoms with Crippen LogP contribution < -0.4 is 10.6 Å². The highest BCUT2D eigenvalue weighted by Crippen LogP contribution is 2.69. The molecule has 2 aromatic carbocycles. The third kappa shape index (κ3) is 4.63. The first-order valence-electron chi connectivity index (χ1n) is 12.0. The minimum absolute atomic E-state index is 0.243. The van der Waals surface area contributed by atoms with Gasteiger partial charge >= 0.3 is 5.25 Å². The van der Waals surface area contributed by atoms with Crippen LogP contribution in [0.4, 0.5) is 8.78 Å². The van der Waals surface area contributed by atoms with Crippen molar-refractivity contribution in [2.75, 3.05) is 0 Å². The van der Waals surface area contributed by atoms with Gasteiger partial charge in [-0.05, 0) is 97.8 Å². The second kappa shape index (κ2) is 9.02. The molecule has 6 rings (SSSR count). The Hall–Kier alpha value is -1.36. The zero-order valence-corrected chi connectivity index (χ0v) is 20.5. The van der Waals surface area contributed by atoms with E-state index >= 15 is 0 Å². The maximum absolute atomic E-state index is 13.5. The molecule has 0 spiro atoms. The van der Waals surface area contributed by atoms with Gasteiger partial charge in [0, 0.05) is 6.42 Å². The summed E-state index contributed by atoms with van der Waals surface area (Å²) in [5.41, 5.74) is 0. The van der Waals surface area contributed by atoms with Crippen LogP contribution in [0.15, 0.2) is 60.7 Å². The Morgan fingerprint density at radius 3 is 1.91 bits per heavy atom. The molecular weight excluding hydrogens is 461 g/mol. The molecule has 178 valence electrons. The number of rotatable bonds is 5. The molecule has 7 unspecified atom stereocenters. The molecule has 4 aliphatic carbocycles. The Morgan fingerprint density at radius 1 is 0.818 bits per heavy atom. The summed E-state index contributed by atoms with van der Waals surface area (Å²) in [5, 5.41) is -1.18. The van der Waals surface area contributed by atoms with Crippen molar-refractivity contribution in [2.45, 2.75) is 43.8 Å². The molecule has 0 amide bonds. The van der Waals surface area contributed by atoms with Gasteiger partial charge in [-0.25, -0.2) is 8.42 Å². The summed E-state index contributed by atoms with van der Waals surface area (Å²) in [6.45, 7) is 0. The highest BCUT2D eigenvalue weighted by Gasteiger charge is 2.63. The average Bonchev–Trinajstić information content (AvgIpc) is 3.55. The maximum atomic E-state index is 13.5. The Balaban J connectivity index is 0.000000152. The lowest BCUT2D eigenvalue weighted by atomic mass is 9.67. The molecule has 7 heteroatoms. The molecule has 0 saturated heterocycles. The second-order valence-electron chi connectivity index (χ2n) is 10.4. The fraction of sp³-hybridized carbons (Fsp3) is 0.538. The number of halogens is 2. The molecule has 4 aliphatic rings. The van der Waals surface area contributed by atoms with Crippen molar-refractivity contribution >= 4 is 29.3 Å². The van der Waals surface area contributed by atoms with Gasteiger partial charge in [0.1, 0.15) is 0 Å². The highest BCUT2D eigenvalue weighted by molar-refractivity contribution is 7.86. The van der Waals surface area contributed by atoms with Crippen molar-refractivity contribution in [3.63, 3.8) is 0 Å². The van der Waals surface area contributed by atoms with Crippen molar-refractivity contribution in [3.05, 3.63) is 60.7 Å². The van der Waals surface area contributed by atoms with E-state index in [-0.39, 0.29) is 20.4 Å². The predicted octanol–water partition coefficient (Wildman–Crippen LogP) is 4.88. The van der Waals surface area contributed by atoms with E-state index in [4.69, 9.17) is 0 Å². The van der Waals surface area contributed by atoms with Crippen LogP contribution in [-0.2, 0) is 10.1 Å². The quantitative estimate of drug-likeness (QED) is 0.340. The average molecular weight is 493 g/mol. The van der Waals surface area contributed by atoms with E-state index in [1.807, 2.05) is 0 Å². The van der Waals surface area contributed by atoms with Crippen molar-refractivity contribution in [2.24, 2.45) is 41.4 Å². The Labute approximate surface area is 196 Å². The fourth-order valence-corrected chi connectivity index (χ4v) is 9.27. The van der Waals surface area contributed by atoms with Crippen molar-refractivity contribution in [1.82, 2.24) is 0 Å². The van der Waals surface area contributed by atoms with Gasteiger partial charge in [0.25, 0.3) is 0 Å². The van der Waals surface area contributed by atoms with Gasteiger partial charge < -0.3 is 4.55 Å². The van der Waals surface area contributed by atoms with E-state index in [1.165, 1.54) is 29.9 Å².